The predicted molar refractivity (Wildman–Crippen MR) is 58.7 cm³/mol. The lowest BCUT2D eigenvalue weighted by Crippen LogP contribution is -2.21. The summed E-state index contributed by atoms with van der Waals surface area (Å²) in [6.45, 7) is 6.92. The second-order valence-electron chi connectivity index (χ2n) is 3.31. The Balaban J connectivity index is 2.63. The Labute approximate surface area is 90.3 Å². The summed E-state index contributed by atoms with van der Waals surface area (Å²) in [4.78, 5) is 13.5. The first-order valence-electron chi connectivity index (χ1n) is 5.24. The molecule has 0 fully saturated rings. The summed E-state index contributed by atoms with van der Waals surface area (Å²) in [6.07, 6.45) is 0. The maximum Gasteiger partial charge on any atom is 0.286 e. The lowest BCUT2D eigenvalue weighted by atomic mass is 10.4. The average molecular weight is 210 g/mol. The molecule has 4 nitrogen and oxygen atoms in total. The summed E-state index contributed by atoms with van der Waals surface area (Å²) in [5, 5.41) is 2.53. The third-order valence-corrected chi connectivity index (χ3v) is 2.39. The molecule has 1 rings (SSSR count). The van der Waals surface area contributed by atoms with Gasteiger partial charge in [0.25, 0.3) is 5.91 Å². The Bertz CT molecular complexity index is 316. The molecule has 0 aliphatic carbocycles. The van der Waals surface area contributed by atoms with E-state index in [0.717, 1.165) is 25.4 Å². The highest BCUT2D eigenvalue weighted by Crippen LogP contribution is 2.10. The Kier molecular flexibility index (Phi) is 4.37. The molecule has 0 aliphatic rings. The molecule has 1 heterocycles. The Morgan fingerprint density at radius 1 is 1.40 bits per heavy atom. The molecule has 4 heteroatoms. The van der Waals surface area contributed by atoms with Crippen molar-refractivity contribution in [1.29, 1.82) is 0 Å². The largest absolute Gasteiger partial charge is 0.455 e. The van der Waals surface area contributed by atoms with Crippen LogP contribution < -0.4 is 5.32 Å². The van der Waals surface area contributed by atoms with Gasteiger partial charge in [0.15, 0.2) is 5.76 Å². The zero-order valence-electron chi connectivity index (χ0n) is 9.54. The first kappa shape index (κ1) is 11.8. The van der Waals surface area contributed by atoms with Crippen molar-refractivity contribution >= 4 is 5.91 Å². The van der Waals surface area contributed by atoms with Crippen LogP contribution in [-0.2, 0) is 6.54 Å². The van der Waals surface area contributed by atoms with Gasteiger partial charge in [0.1, 0.15) is 5.76 Å². The van der Waals surface area contributed by atoms with Crippen molar-refractivity contribution in [2.45, 2.75) is 20.4 Å². The Hall–Kier alpha value is -1.29. The van der Waals surface area contributed by atoms with E-state index in [-0.39, 0.29) is 5.91 Å². The van der Waals surface area contributed by atoms with Gasteiger partial charge in [-0.2, -0.15) is 0 Å². The molecule has 1 amide bonds. The highest BCUT2D eigenvalue weighted by molar-refractivity contribution is 5.91. The number of hydrogen-bond donors (Lipinski definition) is 1. The quantitative estimate of drug-likeness (QED) is 0.800. The van der Waals surface area contributed by atoms with Gasteiger partial charge in [-0.3, -0.25) is 9.69 Å². The van der Waals surface area contributed by atoms with Crippen LogP contribution in [0, 0.1) is 0 Å². The van der Waals surface area contributed by atoms with Crippen LogP contribution in [0.15, 0.2) is 16.5 Å². The molecule has 0 atom stereocenters. The molecule has 0 spiro atoms. The number of nitrogens with one attached hydrogen (secondary N) is 1. The van der Waals surface area contributed by atoms with Gasteiger partial charge >= 0.3 is 0 Å². The number of nitrogens with zero attached hydrogens (tertiary/aromatic N) is 1. The molecule has 0 saturated carbocycles. The van der Waals surface area contributed by atoms with E-state index in [1.807, 2.05) is 6.07 Å². The molecular weight excluding hydrogens is 192 g/mol. The normalized spacial score (nSPS) is 10.7. The topological polar surface area (TPSA) is 45.5 Å². The molecule has 0 radical (unpaired) electrons. The minimum atomic E-state index is -0.180. The molecule has 0 bridgehead atoms. The fourth-order valence-corrected chi connectivity index (χ4v) is 1.38. The summed E-state index contributed by atoms with van der Waals surface area (Å²) in [5.74, 6) is 1.03. The molecule has 1 aromatic rings. The van der Waals surface area contributed by atoms with Crippen LogP contribution in [0.1, 0.15) is 30.2 Å². The molecule has 1 N–H and O–H groups in total. The van der Waals surface area contributed by atoms with Crippen molar-refractivity contribution in [3.8, 4) is 0 Å². The highest BCUT2D eigenvalue weighted by Gasteiger charge is 2.10. The van der Waals surface area contributed by atoms with Gasteiger partial charge in [0.2, 0.25) is 0 Å². The van der Waals surface area contributed by atoms with Crippen molar-refractivity contribution < 1.29 is 9.21 Å². The minimum absolute atomic E-state index is 0.180. The van der Waals surface area contributed by atoms with Crippen molar-refractivity contribution in [1.82, 2.24) is 10.2 Å². The minimum Gasteiger partial charge on any atom is -0.455 e. The molecule has 1 aromatic heterocycles. The fraction of sp³-hybridized carbons (Fsp3) is 0.545. The molecule has 0 saturated heterocycles. The Morgan fingerprint density at radius 2 is 2.07 bits per heavy atom. The second-order valence-corrected chi connectivity index (χ2v) is 3.31. The molecule has 0 aliphatic heterocycles. The van der Waals surface area contributed by atoms with Gasteiger partial charge in [0, 0.05) is 7.05 Å². The number of carbonyl (C=O) groups is 1. The van der Waals surface area contributed by atoms with Crippen molar-refractivity contribution in [3.63, 3.8) is 0 Å². The third-order valence-electron chi connectivity index (χ3n) is 2.39. The first-order valence-corrected chi connectivity index (χ1v) is 5.24. The Morgan fingerprint density at radius 3 is 2.60 bits per heavy atom. The summed E-state index contributed by atoms with van der Waals surface area (Å²) >= 11 is 0. The van der Waals surface area contributed by atoms with Crippen LogP contribution in [0.3, 0.4) is 0 Å². The van der Waals surface area contributed by atoms with Crippen LogP contribution in [-0.4, -0.2) is 30.9 Å². The van der Waals surface area contributed by atoms with Crippen LogP contribution in [0.2, 0.25) is 0 Å². The van der Waals surface area contributed by atoms with Gasteiger partial charge in [-0.15, -0.1) is 0 Å². The molecule has 15 heavy (non-hydrogen) atoms. The predicted octanol–water partition coefficient (Wildman–Crippen LogP) is 1.48. The van der Waals surface area contributed by atoms with E-state index in [0.29, 0.717) is 5.76 Å². The lowest BCUT2D eigenvalue weighted by Gasteiger charge is -2.15. The van der Waals surface area contributed by atoms with E-state index in [1.165, 1.54) is 0 Å². The number of carbonyl (C=O) groups excluding carboxylic acids is 1. The number of hydrogen-bond acceptors (Lipinski definition) is 3. The average Bonchev–Trinajstić information content (AvgIpc) is 2.73. The molecule has 0 unspecified atom stereocenters. The highest BCUT2D eigenvalue weighted by atomic mass is 16.4. The maximum absolute atomic E-state index is 11.2. The van der Waals surface area contributed by atoms with E-state index in [9.17, 15) is 4.79 Å². The van der Waals surface area contributed by atoms with E-state index < -0.39 is 0 Å². The lowest BCUT2D eigenvalue weighted by molar-refractivity contribution is 0.0932. The van der Waals surface area contributed by atoms with Gasteiger partial charge in [-0.1, -0.05) is 13.8 Å². The molecule has 84 valence electrons. The number of amides is 1. The summed E-state index contributed by atoms with van der Waals surface area (Å²) in [7, 11) is 1.59. The van der Waals surface area contributed by atoms with E-state index >= 15 is 0 Å². The van der Waals surface area contributed by atoms with E-state index in [2.05, 4.69) is 24.1 Å². The molecule has 0 aromatic carbocycles. The summed E-state index contributed by atoms with van der Waals surface area (Å²) in [5.41, 5.74) is 0. The van der Waals surface area contributed by atoms with E-state index in [4.69, 9.17) is 4.42 Å². The summed E-state index contributed by atoms with van der Waals surface area (Å²) in [6, 6.07) is 3.56. The zero-order valence-corrected chi connectivity index (χ0v) is 9.54. The van der Waals surface area contributed by atoms with Gasteiger partial charge in [-0.25, -0.2) is 0 Å². The van der Waals surface area contributed by atoms with E-state index in [1.54, 1.807) is 13.1 Å². The number of furan rings is 1. The second kappa shape index (κ2) is 5.56. The standard InChI is InChI=1S/C11H18N2O2/c1-4-13(5-2)8-9-6-7-10(15-9)11(14)12-3/h6-7H,4-5,8H2,1-3H3,(H,12,14). The van der Waals surface area contributed by atoms with Gasteiger partial charge in [0.05, 0.1) is 6.54 Å². The monoisotopic (exact) mass is 210 g/mol. The van der Waals surface area contributed by atoms with Gasteiger partial charge < -0.3 is 9.73 Å². The zero-order chi connectivity index (χ0) is 11.3. The smallest absolute Gasteiger partial charge is 0.286 e. The van der Waals surface area contributed by atoms with Crippen LogP contribution in [0.4, 0.5) is 0 Å². The first-order chi connectivity index (χ1) is 7.21. The summed E-state index contributed by atoms with van der Waals surface area (Å²) < 4.78 is 5.42. The maximum atomic E-state index is 11.2. The third kappa shape index (κ3) is 3.09. The number of rotatable bonds is 5. The van der Waals surface area contributed by atoms with Gasteiger partial charge in [-0.05, 0) is 25.2 Å². The van der Waals surface area contributed by atoms with Crippen molar-refractivity contribution in [2.75, 3.05) is 20.1 Å². The van der Waals surface area contributed by atoms with Crippen LogP contribution in [0.5, 0.6) is 0 Å². The van der Waals surface area contributed by atoms with Crippen molar-refractivity contribution in [3.05, 3.63) is 23.7 Å². The van der Waals surface area contributed by atoms with Crippen LogP contribution in [0.25, 0.3) is 0 Å². The SMILES string of the molecule is CCN(CC)Cc1ccc(C(=O)NC)o1. The van der Waals surface area contributed by atoms with Crippen molar-refractivity contribution in [2.24, 2.45) is 0 Å². The van der Waals surface area contributed by atoms with Crippen LogP contribution >= 0.6 is 0 Å². The molecular formula is C11H18N2O2. The fourth-order valence-electron chi connectivity index (χ4n) is 1.38.